The fourth-order valence-corrected chi connectivity index (χ4v) is 6.39. The van der Waals surface area contributed by atoms with Crippen molar-refractivity contribution in [1.29, 1.82) is 5.26 Å². The van der Waals surface area contributed by atoms with Gasteiger partial charge in [-0.3, -0.25) is 4.79 Å². The number of carbonyl (C=O) groups is 1. The summed E-state index contributed by atoms with van der Waals surface area (Å²) in [6.07, 6.45) is 7.86. The van der Waals surface area contributed by atoms with E-state index in [2.05, 4.69) is 16.0 Å². The van der Waals surface area contributed by atoms with Gasteiger partial charge in [-0.15, -0.1) is 0 Å². The summed E-state index contributed by atoms with van der Waals surface area (Å²) in [5.41, 5.74) is 2.72. The number of rotatable bonds is 7. The smallest absolute Gasteiger partial charge is 0.321 e. The monoisotopic (exact) mass is 524 g/mol. The number of fused-ring (bicyclic) bond motifs is 1. The third-order valence-electron chi connectivity index (χ3n) is 6.46. The summed E-state index contributed by atoms with van der Waals surface area (Å²) in [6.45, 7) is 4.79. The number of carbonyl (C=O) groups excluding carboxylic acids is 1. The Kier molecular flexibility index (Phi) is 7.26. The number of imidazole rings is 2. The van der Waals surface area contributed by atoms with Gasteiger partial charge in [0.05, 0.1) is 24.3 Å². The maximum absolute atomic E-state index is 13.8. The lowest BCUT2D eigenvalue weighted by Crippen LogP contribution is -2.48. The molecule has 2 heterocycles. The molecule has 0 amide bonds. The zero-order valence-electron chi connectivity index (χ0n) is 21.7. The molecule has 0 saturated heterocycles. The molecule has 2 unspecified atom stereocenters. The summed E-state index contributed by atoms with van der Waals surface area (Å²) in [5, 5.41) is 9.37. The van der Waals surface area contributed by atoms with Crippen LogP contribution >= 0.6 is 0 Å². The molecule has 11 heteroatoms. The summed E-state index contributed by atoms with van der Waals surface area (Å²) in [6, 6.07) is 7.19. The van der Waals surface area contributed by atoms with Crippen LogP contribution in [0.4, 0.5) is 0 Å². The molecule has 2 atom stereocenters. The lowest BCUT2D eigenvalue weighted by molar-refractivity contribution is -0.155. The fraction of sp³-hybridized carbons (Fsp3) is 0.462. The Hall–Kier alpha value is -3.49. The van der Waals surface area contributed by atoms with Crippen LogP contribution in [0.2, 0.25) is 0 Å². The minimum atomic E-state index is -4.12. The van der Waals surface area contributed by atoms with E-state index in [9.17, 15) is 18.5 Å². The summed E-state index contributed by atoms with van der Waals surface area (Å²) < 4.78 is 37.9. The van der Waals surface area contributed by atoms with Crippen molar-refractivity contribution >= 4 is 16.0 Å². The molecule has 0 spiro atoms. The van der Waals surface area contributed by atoms with Crippen molar-refractivity contribution < 1.29 is 17.9 Å². The van der Waals surface area contributed by atoms with Crippen LogP contribution in [0.25, 0.3) is 0 Å². The zero-order chi connectivity index (χ0) is 27.0. The van der Waals surface area contributed by atoms with E-state index in [4.69, 9.17) is 4.74 Å². The number of ether oxygens (including phenoxy) is 1. The number of nitrogens with zero attached hydrogens (tertiary/aromatic N) is 6. The Balaban J connectivity index is 1.76. The maximum atomic E-state index is 13.8. The maximum Gasteiger partial charge on any atom is 0.321 e. The predicted octanol–water partition coefficient (Wildman–Crippen LogP) is 2.70. The van der Waals surface area contributed by atoms with Gasteiger partial charge in [0.15, 0.2) is 5.03 Å². The van der Waals surface area contributed by atoms with Gasteiger partial charge in [-0.1, -0.05) is 6.07 Å². The number of nitriles is 1. The van der Waals surface area contributed by atoms with Gasteiger partial charge in [-0.25, -0.2) is 18.4 Å². The Morgan fingerprint density at radius 2 is 2.03 bits per heavy atom. The molecular weight excluding hydrogens is 492 g/mol. The highest BCUT2D eigenvalue weighted by molar-refractivity contribution is 7.89. The minimum Gasteiger partial charge on any atom is -0.459 e. The second kappa shape index (κ2) is 10.1. The minimum absolute atomic E-state index is 0.0445. The van der Waals surface area contributed by atoms with Crippen molar-refractivity contribution in [2.45, 2.75) is 62.6 Å². The highest BCUT2D eigenvalue weighted by Crippen LogP contribution is 2.38. The fourth-order valence-electron chi connectivity index (χ4n) is 4.84. The topological polar surface area (TPSA) is 123 Å². The van der Waals surface area contributed by atoms with Crippen molar-refractivity contribution in [2.75, 3.05) is 6.54 Å². The highest BCUT2D eigenvalue weighted by atomic mass is 32.2. The number of esters is 1. The van der Waals surface area contributed by atoms with E-state index < -0.39 is 34.2 Å². The standard InChI is InChI=1S/C26H32N6O4S/c1-26(2,3)36-25(33)15-32(37(34,35)24-14-30(4)17-29-24)21-9-19-8-18(12-27)6-7-23(19)20(10-21)11-22-13-28-16-31(22)5/h6-8,13-14,16-17,20-21H,9-11,15H2,1-5H3. The van der Waals surface area contributed by atoms with Crippen molar-refractivity contribution in [2.24, 2.45) is 14.1 Å². The van der Waals surface area contributed by atoms with E-state index in [0.717, 1.165) is 16.8 Å². The van der Waals surface area contributed by atoms with Crippen LogP contribution in [0, 0.1) is 11.3 Å². The Morgan fingerprint density at radius 1 is 1.27 bits per heavy atom. The Bertz CT molecular complexity index is 1440. The van der Waals surface area contributed by atoms with Gasteiger partial charge in [0.2, 0.25) is 0 Å². The van der Waals surface area contributed by atoms with Crippen LogP contribution < -0.4 is 0 Å². The van der Waals surface area contributed by atoms with Gasteiger partial charge in [0.1, 0.15) is 12.1 Å². The van der Waals surface area contributed by atoms with Crippen LogP contribution in [-0.4, -0.2) is 56.0 Å². The van der Waals surface area contributed by atoms with Gasteiger partial charge in [-0.05, 0) is 69.2 Å². The average molecular weight is 525 g/mol. The summed E-state index contributed by atoms with van der Waals surface area (Å²) in [7, 11) is -0.516. The number of hydrogen-bond donors (Lipinski definition) is 0. The van der Waals surface area contributed by atoms with Crippen LogP contribution in [0.3, 0.4) is 0 Å². The zero-order valence-corrected chi connectivity index (χ0v) is 22.6. The van der Waals surface area contributed by atoms with Crippen molar-refractivity contribution in [3.8, 4) is 6.07 Å². The van der Waals surface area contributed by atoms with Crippen LogP contribution in [0.5, 0.6) is 0 Å². The van der Waals surface area contributed by atoms with E-state index in [1.807, 2.05) is 23.7 Å². The predicted molar refractivity (Wildman–Crippen MR) is 136 cm³/mol. The first-order valence-corrected chi connectivity index (χ1v) is 13.5. The number of benzene rings is 1. The van der Waals surface area contributed by atoms with Gasteiger partial charge in [0.25, 0.3) is 10.0 Å². The second-order valence-corrected chi connectivity index (χ2v) is 12.4. The normalized spacial score (nSPS) is 17.9. The lowest BCUT2D eigenvalue weighted by Gasteiger charge is -2.37. The number of hydrogen-bond acceptors (Lipinski definition) is 7. The third-order valence-corrected chi connectivity index (χ3v) is 8.25. The largest absolute Gasteiger partial charge is 0.459 e. The van der Waals surface area contributed by atoms with E-state index in [-0.39, 0.29) is 10.9 Å². The molecule has 3 aromatic rings. The van der Waals surface area contributed by atoms with Crippen LogP contribution in [-0.2, 0) is 46.5 Å². The first-order valence-electron chi connectivity index (χ1n) is 12.1. The molecule has 2 aromatic heterocycles. The summed E-state index contributed by atoms with van der Waals surface area (Å²) >= 11 is 0. The van der Waals surface area contributed by atoms with Crippen LogP contribution in [0.1, 0.15) is 55.5 Å². The SMILES string of the molecule is Cn1cnc(S(=O)(=O)N(CC(=O)OC(C)(C)C)C2Cc3cc(C#N)ccc3C(Cc3cncn3C)C2)c1. The molecular formula is C26H32N6O4S. The molecule has 196 valence electrons. The first-order chi connectivity index (χ1) is 17.4. The summed E-state index contributed by atoms with van der Waals surface area (Å²) in [5.74, 6) is -0.677. The molecule has 1 aliphatic carbocycles. The van der Waals surface area contributed by atoms with E-state index in [1.54, 1.807) is 51.0 Å². The molecule has 37 heavy (non-hydrogen) atoms. The lowest BCUT2D eigenvalue weighted by atomic mass is 9.77. The number of aryl methyl sites for hydroxylation is 2. The van der Waals surface area contributed by atoms with Gasteiger partial charge < -0.3 is 13.9 Å². The summed E-state index contributed by atoms with van der Waals surface area (Å²) in [4.78, 5) is 21.2. The molecule has 0 saturated carbocycles. The van der Waals surface area contributed by atoms with Gasteiger partial charge in [0, 0.05) is 38.2 Å². The van der Waals surface area contributed by atoms with E-state index >= 15 is 0 Å². The molecule has 0 fully saturated rings. The molecule has 1 aromatic carbocycles. The van der Waals surface area contributed by atoms with Gasteiger partial charge >= 0.3 is 5.97 Å². The van der Waals surface area contributed by atoms with Gasteiger partial charge in [-0.2, -0.15) is 9.57 Å². The second-order valence-electron chi connectivity index (χ2n) is 10.5. The van der Waals surface area contributed by atoms with Crippen LogP contribution in [0.15, 0.2) is 48.3 Å². The quantitative estimate of drug-likeness (QED) is 0.435. The number of aromatic nitrogens is 4. The van der Waals surface area contributed by atoms with E-state index in [1.165, 1.54) is 16.8 Å². The van der Waals surface area contributed by atoms with E-state index in [0.29, 0.717) is 24.8 Å². The molecule has 0 aliphatic heterocycles. The highest BCUT2D eigenvalue weighted by Gasteiger charge is 2.40. The third kappa shape index (κ3) is 5.92. The van der Waals surface area contributed by atoms with Crippen molar-refractivity contribution in [3.05, 3.63) is 65.6 Å². The average Bonchev–Trinajstić information content (AvgIpc) is 3.44. The molecule has 4 rings (SSSR count). The Labute approximate surface area is 217 Å². The molecule has 1 aliphatic rings. The molecule has 0 bridgehead atoms. The van der Waals surface area contributed by atoms with Crippen molar-refractivity contribution in [1.82, 2.24) is 23.4 Å². The first kappa shape index (κ1) is 26.6. The molecule has 10 nitrogen and oxygen atoms in total. The number of sulfonamides is 1. The van der Waals surface area contributed by atoms with Crippen molar-refractivity contribution in [3.63, 3.8) is 0 Å². The molecule has 0 N–H and O–H groups in total. The molecule has 0 radical (unpaired) electrons. The Morgan fingerprint density at radius 3 is 2.62 bits per heavy atom.